The van der Waals surface area contributed by atoms with Crippen molar-refractivity contribution >= 4 is 0 Å². The van der Waals surface area contributed by atoms with Gasteiger partial charge in [0, 0.05) is 31.0 Å². The molecule has 15 heavy (non-hydrogen) atoms. The molecule has 3 N–H and O–H groups in total. The molecule has 1 aromatic rings. The van der Waals surface area contributed by atoms with Crippen LogP contribution in [0.4, 0.5) is 0 Å². The summed E-state index contributed by atoms with van der Waals surface area (Å²) in [4.78, 5) is 4.00. The van der Waals surface area contributed by atoms with Crippen LogP contribution in [0.15, 0.2) is 24.5 Å². The number of nitrogens with two attached hydrogens (primary N) is 1. The summed E-state index contributed by atoms with van der Waals surface area (Å²) in [6, 6.07) is 4.91. The molecule has 0 unspecified atom stereocenters. The predicted molar refractivity (Wildman–Crippen MR) is 61.3 cm³/mol. The van der Waals surface area contributed by atoms with E-state index in [4.69, 9.17) is 5.73 Å². The van der Waals surface area contributed by atoms with E-state index in [0.29, 0.717) is 12.1 Å². The van der Waals surface area contributed by atoms with Gasteiger partial charge in [-0.05, 0) is 30.5 Å². The van der Waals surface area contributed by atoms with E-state index in [2.05, 4.69) is 10.3 Å². The van der Waals surface area contributed by atoms with Crippen molar-refractivity contribution in [2.45, 2.75) is 44.3 Å². The number of hydrogen-bond acceptors (Lipinski definition) is 3. The Morgan fingerprint density at radius 1 is 1.27 bits per heavy atom. The highest BCUT2D eigenvalue weighted by Gasteiger charge is 2.20. The van der Waals surface area contributed by atoms with Crippen molar-refractivity contribution in [2.75, 3.05) is 0 Å². The van der Waals surface area contributed by atoms with Gasteiger partial charge in [-0.15, -0.1) is 0 Å². The van der Waals surface area contributed by atoms with Gasteiger partial charge in [-0.25, -0.2) is 0 Å². The van der Waals surface area contributed by atoms with Crippen molar-refractivity contribution < 1.29 is 0 Å². The van der Waals surface area contributed by atoms with E-state index >= 15 is 0 Å². The van der Waals surface area contributed by atoms with Gasteiger partial charge in [0.1, 0.15) is 0 Å². The second-order valence-corrected chi connectivity index (χ2v) is 4.29. The third kappa shape index (κ3) is 3.01. The molecule has 1 aliphatic rings. The second kappa shape index (κ2) is 5.24. The molecule has 3 heteroatoms. The molecule has 2 atom stereocenters. The third-order valence-electron chi connectivity index (χ3n) is 3.14. The van der Waals surface area contributed by atoms with Gasteiger partial charge in [0.05, 0.1) is 0 Å². The maximum Gasteiger partial charge on any atom is 0.0271 e. The molecular formula is C12H19N3. The smallest absolute Gasteiger partial charge is 0.0271 e. The molecule has 1 saturated carbocycles. The predicted octanol–water partition coefficient (Wildman–Crippen LogP) is 1.44. The summed E-state index contributed by atoms with van der Waals surface area (Å²) in [5.41, 5.74) is 7.35. The number of aromatic nitrogens is 1. The summed E-state index contributed by atoms with van der Waals surface area (Å²) in [6.45, 7) is 0.904. The van der Waals surface area contributed by atoms with Gasteiger partial charge in [0.2, 0.25) is 0 Å². The minimum atomic E-state index is 0.334. The maximum atomic E-state index is 6.07. The number of nitrogens with one attached hydrogen (secondary N) is 1. The van der Waals surface area contributed by atoms with Crippen LogP contribution in [0.25, 0.3) is 0 Å². The van der Waals surface area contributed by atoms with Crippen molar-refractivity contribution in [3.8, 4) is 0 Å². The summed E-state index contributed by atoms with van der Waals surface area (Å²) in [5, 5.41) is 3.53. The lowest BCUT2D eigenvalue weighted by atomic mass is 9.91. The first-order valence-corrected chi connectivity index (χ1v) is 5.74. The molecule has 1 aliphatic carbocycles. The van der Waals surface area contributed by atoms with Crippen LogP contribution in [0, 0.1) is 0 Å². The quantitative estimate of drug-likeness (QED) is 0.785. The van der Waals surface area contributed by atoms with Crippen LogP contribution >= 0.6 is 0 Å². The molecule has 0 bridgehead atoms. The summed E-state index contributed by atoms with van der Waals surface area (Å²) < 4.78 is 0. The van der Waals surface area contributed by atoms with Gasteiger partial charge in [0.15, 0.2) is 0 Å². The van der Waals surface area contributed by atoms with Gasteiger partial charge < -0.3 is 11.1 Å². The molecular weight excluding hydrogens is 186 g/mol. The van der Waals surface area contributed by atoms with E-state index in [1.54, 1.807) is 0 Å². The van der Waals surface area contributed by atoms with E-state index in [1.807, 2.05) is 24.5 Å². The van der Waals surface area contributed by atoms with Crippen LogP contribution in [0.1, 0.15) is 31.2 Å². The van der Waals surface area contributed by atoms with Crippen LogP contribution in [-0.2, 0) is 6.54 Å². The normalized spacial score (nSPS) is 26.5. The summed E-state index contributed by atoms with van der Waals surface area (Å²) >= 11 is 0. The van der Waals surface area contributed by atoms with Crippen LogP contribution < -0.4 is 11.1 Å². The fourth-order valence-electron chi connectivity index (χ4n) is 2.16. The van der Waals surface area contributed by atoms with Crippen molar-refractivity contribution in [2.24, 2.45) is 5.73 Å². The molecule has 0 saturated heterocycles. The zero-order valence-corrected chi connectivity index (χ0v) is 9.02. The monoisotopic (exact) mass is 205 g/mol. The molecule has 0 aliphatic heterocycles. The number of pyridine rings is 1. The zero-order valence-electron chi connectivity index (χ0n) is 9.02. The van der Waals surface area contributed by atoms with Gasteiger partial charge in [-0.2, -0.15) is 0 Å². The average molecular weight is 205 g/mol. The summed E-state index contributed by atoms with van der Waals surface area (Å²) in [7, 11) is 0. The Hall–Kier alpha value is -0.930. The lowest BCUT2D eigenvalue weighted by Crippen LogP contribution is -2.46. The maximum absolute atomic E-state index is 6.07. The Morgan fingerprint density at radius 2 is 2.00 bits per heavy atom. The van der Waals surface area contributed by atoms with E-state index in [-0.39, 0.29) is 0 Å². The van der Waals surface area contributed by atoms with Crippen LogP contribution in [0.5, 0.6) is 0 Å². The van der Waals surface area contributed by atoms with Crippen molar-refractivity contribution in [3.63, 3.8) is 0 Å². The molecule has 3 nitrogen and oxygen atoms in total. The lowest BCUT2D eigenvalue weighted by Gasteiger charge is -2.29. The van der Waals surface area contributed by atoms with Gasteiger partial charge in [0.25, 0.3) is 0 Å². The molecule has 0 radical (unpaired) electrons. The van der Waals surface area contributed by atoms with E-state index in [9.17, 15) is 0 Å². The molecule has 1 heterocycles. The molecule has 0 spiro atoms. The highest BCUT2D eigenvalue weighted by Crippen LogP contribution is 2.17. The first-order chi connectivity index (χ1) is 7.36. The fourth-order valence-corrected chi connectivity index (χ4v) is 2.16. The Morgan fingerprint density at radius 3 is 2.73 bits per heavy atom. The highest BCUT2D eigenvalue weighted by atomic mass is 15.0. The Bertz CT molecular complexity index is 286. The first-order valence-electron chi connectivity index (χ1n) is 5.74. The minimum absolute atomic E-state index is 0.334. The van der Waals surface area contributed by atoms with Crippen molar-refractivity contribution in [1.82, 2.24) is 10.3 Å². The van der Waals surface area contributed by atoms with E-state index in [0.717, 1.165) is 13.0 Å². The number of nitrogens with zero attached hydrogens (tertiary/aromatic N) is 1. The average Bonchev–Trinajstić information content (AvgIpc) is 2.29. The van der Waals surface area contributed by atoms with Gasteiger partial charge >= 0.3 is 0 Å². The molecule has 1 fully saturated rings. The van der Waals surface area contributed by atoms with Crippen LogP contribution in [-0.4, -0.2) is 17.1 Å². The van der Waals surface area contributed by atoms with Crippen LogP contribution in [0.2, 0.25) is 0 Å². The molecule has 0 aromatic carbocycles. The highest BCUT2D eigenvalue weighted by molar-refractivity contribution is 5.09. The topological polar surface area (TPSA) is 50.9 Å². The molecule has 2 rings (SSSR count). The summed E-state index contributed by atoms with van der Waals surface area (Å²) in [6.07, 6.45) is 8.63. The number of rotatable bonds is 3. The molecule has 0 amide bonds. The fraction of sp³-hybridized carbons (Fsp3) is 0.583. The second-order valence-electron chi connectivity index (χ2n) is 4.29. The van der Waals surface area contributed by atoms with E-state index < -0.39 is 0 Å². The molecule has 82 valence electrons. The third-order valence-corrected chi connectivity index (χ3v) is 3.14. The SMILES string of the molecule is N[C@H]1CCCC[C@@H]1NCc1ccncc1. The van der Waals surface area contributed by atoms with Crippen molar-refractivity contribution in [1.29, 1.82) is 0 Å². The van der Waals surface area contributed by atoms with Crippen LogP contribution in [0.3, 0.4) is 0 Å². The molecule has 1 aromatic heterocycles. The lowest BCUT2D eigenvalue weighted by molar-refractivity contribution is 0.326. The largest absolute Gasteiger partial charge is 0.326 e. The Kier molecular flexibility index (Phi) is 3.69. The number of hydrogen-bond donors (Lipinski definition) is 2. The standard InChI is InChI=1S/C12H19N3/c13-11-3-1-2-4-12(11)15-9-10-5-7-14-8-6-10/h5-8,11-12,15H,1-4,9,13H2/t11-,12-/m0/s1. The van der Waals surface area contributed by atoms with Gasteiger partial charge in [-0.3, -0.25) is 4.98 Å². The van der Waals surface area contributed by atoms with E-state index in [1.165, 1.54) is 24.8 Å². The first kappa shape index (κ1) is 10.6. The zero-order chi connectivity index (χ0) is 10.5. The van der Waals surface area contributed by atoms with Gasteiger partial charge in [-0.1, -0.05) is 12.8 Å². The Balaban J connectivity index is 1.82. The Labute approximate surface area is 91.1 Å². The van der Waals surface area contributed by atoms with Crippen molar-refractivity contribution in [3.05, 3.63) is 30.1 Å². The minimum Gasteiger partial charge on any atom is -0.326 e. The summed E-state index contributed by atoms with van der Waals surface area (Å²) in [5.74, 6) is 0.